The van der Waals surface area contributed by atoms with Gasteiger partial charge in [-0.3, -0.25) is 3.77 Å². The molecule has 62 valence electrons. The van der Waals surface area contributed by atoms with Gasteiger partial charge in [0.15, 0.2) is 0 Å². The Kier molecular flexibility index (Phi) is 2.66. The number of hydrogen-bond donors (Lipinski definition) is 0. The van der Waals surface area contributed by atoms with E-state index >= 15 is 0 Å². The summed E-state index contributed by atoms with van der Waals surface area (Å²) in [6, 6.07) is 0. The Balaban J connectivity index is 4.97. The Morgan fingerprint density at radius 2 is 1.70 bits per heavy atom. The molecule has 0 atom stereocenters. The van der Waals surface area contributed by atoms with Gasteiger partial charge in [0, 0.05) is 0 Å². The minimum absolute atomic E-state index is 1.42. The summed E-state index contributed by atoms with van der Waals surface area (Å²) in [5.74, 6) is 0. The third kappa shape index (κ3) is 2.14. The molecule has 0 aromatic carbocycles. The Morgan fingerprint density at radius 3 is 1.80 bits per heavy atom. The van der Waals surface area contributed by atoms with Crippen molar-refractivity contribution in [3.05, 3.63) is 0 Å². The molecule has 9 heteroatoms. The fraction of sp³-hybridized carbons (Fsp3) is 1.00. The Hall–Kier alpha value is -0.310. The molecule has 0 aliphatic carbocycles. The first-order chi connectivity index (χ1) is 4.31. The number of hydrogen-bond acceptors (Lipinski definition) is 4. The van der Waals surface area contributed by atoms with E-state index in [1.807, 2.05) is 0 Å². The van der Waals surface area contributed by atoms with Gasteiger partial charge in [0.2, 0.25) is 0 Å². The Morgan fingerprint density at radius 1 is 1.30 bits per heavy atom. The third-order valence-corrected chi connectivity index (χ3v) is 2.14. The highest BCUT2D eigenvalue weighted by Crippen LogP contribution is 2.23. The molecule has 0 spiro atoms. The van der Waals surface area contributed by atoms with E-state index in [1.165, 1.54) is 0 Å². The van der Waals surface area contributed by atoms with Crippen LogP contribution in [-0.4, -0.2) is 13.9 Å². The Bertz CT molecular complexity index is 258. The zero-order valence-electron chi connectivity index (χ0n) is 4.16. The maximum absolute atomic E-state index is 11.2. The molecular weight excluding hydrogens is 195 g/mol. The quantitative estimate of drug-likeness (QED) is 0.444. The van der Waals surface area contributed by atoms with E-state index in [-0.39, 0.29) is 0 Å². The predicted octanol–water partition coefficient (Wildman–Crippen LogP) is 0.180. The Labute approximate surface area is 57.3 Å². The van der Waals surface area contributed by atoms with Gasteiger partial charge in [-0.1, -0.05) is 0 Å². The maximum Gasteiger partial charge on any atom is 0.516 e. The molecule has 0 radical (unpaired) electrons. The van der Waals surface area contributed by atoms with Crippen molar-refractivity contribution >= 4 is 21.5 Å². The summed E-state index contributed by atoms with van der Waals surface area (Å²) >= 11 is -1.42. The lowest BCUT2D eigenvalue weighted by molar-refractivity contribution is -0.0434. The summed E-state index contributed by atoms with van der Waals surface area (Å²) in [6.07, 6.45) is 0. The van der Waals surface area contributed by atoms with Crippen LogP contribution in [0, 0.1) is 0 Å². The largest absolute Gasteiger partial charge is 0.516 e. The summed E-state index contributed by atoms with van der Waals surface area (Å²) in [4.78, 5) is 0. The van der Waals surface area contributed by atoms with Gasteiger partial charge < -0.3 is 4.21 Å². The molecule has 0 saturated heterocycles. The zero-order valence-corrected chi connectivity index (χ0v) is 5.87. The van der Waals surface area contributed by atoms with Gasteiger partial charge in [-0.05, 0) is 0 Å². The molecule has 0 heterocycles. The average molecular weight is 196 g/mol. The molecule has 0 aromatic heterocycles. The second-order valence-electron chi connectivity index (χ2n) is 1.08. The van der Waals surface area contributed by atoms with Crippen molar-refractivity contribution in [1.29, 1.82) is 0 Å². The van der Waals surface area contributed by atoms with Crippen LogP contribution in [-0.2, 0) is 25.7 Å². The molecule has 0 bridgehead atoms. The van der Waals surface area contributed by atoms with Crippen LogP contribution in [0.2, 0.25) is 0 Å². The third-order valence-electron chi connectivity index (χ3n) is 0.433. The van der Waals surface area contributed by atoms with Gasteiger partial charge in [-0.2, -0.15) is 33.1 Å². The number of thiol groups is 1. The van der Waals surface area contributed by atoms with Gasteiger partial charge in [0.25, 0.3) is 0 Å². The number of rotatable bonds is 1. The molecule has 0 amide bonds. The van der Waals surface area contributed by atoms with Crippen molar-refractivity contribution in [2.75, 3.05) is 0 Å². The monoisotopic (exact) mass is 196 g/mol. The normalized spacial score (nSPS) is 13.1. The summed E-state index contributed by atoms with van der Waals surface area (Å²) in [6.45, 7) is 0. The molecule has 0 rings (SSSR count). The van der Waals surface area contributed by atoms with Crippen LogP contribution in [0.4, 0.5) is 13.2 Å². The van der Waals surface area contributed by atoms with Crippen LogP contribution in [0.1, 0.15) is 0 Å². The van der Waals surface area contributed by atoms with Gasteiger partial charge >= 0.3 is 15.5 Å². The van der Waals surface area contributed by atoms with E-state index in [2.05, 4.69) is 0 Å². The van der Waals surface area contributed by atoms with E-state index in [0.29, 0.717) is 0 Å². The number of nitrogens with zero attached hydrogens (tertiary/aromatic N) is 1. The molecule has 0 fully saturated rings. The fourth-order valence-corrected chi connectivity index (χ4v) is 0.812. The summed E-state index contributed by atoms with van der Waals surface area (Å²) in [7, 11) is -5.55. The van der Waals surface area contributed by atoms with Crippen LogP contribution in [0.5, 0.6) is 0 Å². The summed E-state index contributed by atoms with van der Waals surface area (Å²) in [5.41, 5.74) is -5.45. The van der Waals surface area contributed by atoms with Crippen molar-refractivity contribution in [3.8, 4) is 0 Å². The van der Waals surface area contributed by atoms with E-state index in [4.69, 9.17) is 0 Å². The van der Waals surface area contributed by atoms with Gasteiger partial charge in [0.05, 0.1) is 0 Å². The van der Waals surface area contributed by atoms with Gasteiger partial charge in [-0.25, -0.2) is 0 Å². The molecular formula is CHF3NO3S2-. The van der Waals surface area contributed by atoms with E-state index in [9.17, 15) is 25.8 Å². The zero-order chi connectivity index (χ0) is 8.41. The minimum Gasteiger partial charge on any atom is -0.446 e. The number of halogens is 3. The number of sulfonamides is 1. The van der Waals surface area contributed by atoms with Crippen LogP contribution < -0.4 is 0 Å². The summed E-state index contributed by atoms with van der Waals surface area (Å²) in [5, 5.41) is 0. The SMILES string of the molecule is O=[SH-]=NS(=O)(=O)C(F)(F)F. The molecule has 0 aliphatic heterocycles. The molecule has 0 saturated carbocycles. The molecule has 10 heavy (non-hydrogen) atoms. The molecule has 0 unspecified atom stereocenters. The van der Waals surface area contributed by atoms with Gasteiger partial charge in [-0.15, -0.1) is 0 Å². The highest BCUT2D eigenvalue weighted by atomic mass is 32.2. The van der Waals surface area contributed by atoms with Crippen LogP contribution >= 0.6 is 0 Å². The highest BCUT2D eigenvalue weighted by molar-refractivity contribution is 7.94. The van der Waals surface area contributed by atoms with Crippen molar-refractivity contribution in [2.45, 2.75) is 5.51 Å². The van der Waals surface area contributed by atoms with Crippen molar-refractivity contribution in [3.63, 3.8) is 0 Å². The lowest BCUT2D eigenvalue weighted by Gasteiger charge is -2.01. The lowest BCUT2D eigenvalue weighted by Crippen LogP contribution is -2.19. The highest BCUT2D eigenvalue weighted by Gasteiger charge is 2.44. The van der Waals surface area contributed by atoms with Crippen LogP contribution in [0.25, 0.3) is 0 Å². The van der Waals surface area contributed by atoms with E-state index < -0.39 is 27.0 Å². The predicted molar refractivity (Wildman–Crippen MR) is 26.8 cm³/mol. The first-order valence-electron chi connectivity index (χ1n) is 1.67. The van der Waals surface area contributed by atoms with Crippen molar-refractivity contribution < 1.29 is 25.8 Å². The lowest BCUT2D eigenvalue weighted by atomic mass is 11.6. The smallest absolute Gasteiger partial charge is 0.446 e. The molecule has 4 nitrogen and oxygen atoms in total. The number of alkyl halides is 3. The minimum atomic E-state index is -5.55. The fourth-order valence-electron chi connectivity index (χ4n) is 0.0902. The summed E-state index contributed by atoms with van der Waals surface area (Å²) < 4.78 is 64.2. The second-order valence-corrected chi connectivity index (χ2v) is 3.31. The van der Waals surface area contributed by atoms with Gasteiger partial charge in [0.1, 0.15) is 0 Å². The van der Waals surface area contributed by atoms with E-state index in [0.717, 1.165) is 0 Å². The van der Waals surface area contributed by atoms with Crippen LogP contribution in [0.3, 0.4) is 0 Å². The molecule has 0 aromatic rings. The van der Waals surface area contributed by atoms with Crippen molar-refractivity contribution in [2.24, 2.45) is 3.77 Å². The molecule has 0 N–H and O–H groups in total. The topological polar surface area (TPSA) is 63.6 Å². The molecule has 0 aliphatic rings. The second kappa shape index (κ2) is 2.74. The maximum atomic E-state index is 11.2. The first-order valence-corrected chi connectivity index (χ1v) is 3.87. The van der Waals surface area contributed by atoms with E-state index in [1.54, 1.807) is 3.77 Å². The van der Waals surface area contributed by atoms with Crippen molar-refractivity contribution in [1.82, 2.24) is 0 Å². The van der Waals surface area contributed by atoms with Crippen LogP contribution in [0.15, 0.2) is 3.77 Å². The standard InChI is InChI=1S/CHF3NO3S2/c2-1(3,4)10(7,8)5-9-6/h9H/q-1. The average Bonchev–Trinajstić information content (AvgIpc) is 1.61. The first kappa shape index (κ1) is 9.69.